The summed E-state index contributed by atoms with van der Waals surface area (Å²) in [6, 6.07) is 7.60. The molecule has 0 saturated heterocycles. The minimum Gasteiger partial charge on any atom is -0.495 e. The Morgan fingerprint density at radius 2 is 1.85 bits per heavy atom. The first-order chi connectivity index (χ1) is 15.3. The Kier molecular flexibility index (Phi) is 6.55. The molecule has 11 heteroatoms. The molecule has 0 spiro atoms. The van der Waals surface area contributed by atoms with E-state index in [9.17, 15) is 26.4 Å². The van der Waals surface area contributed by atoms with Gasteiger partial charge < -0.3 is 10.1 Å². The summed E-state index contributed by atoms with van der Waals surface area (Å²) in [5, 5.41) is 3.08. The second-order valence-corrected chi connectivity index (χ2v) is 9.33. The van der Waals surface area contributed by atoms with Gasteiger partial charge in [0.15, 0.2) is 0 Å². The molecule has 7 nitrogen and oxygen atoms in total. The Labute approximate surface area is 189 Å². The Balaban J connectivity index is 1.87. The van der Waals surface area contributed by atoms with Crippen molar-refractivity contribution in [2.24, 2.45) is 0 Å². The van der Waals surface area contributed by atoms with Gasteiger partial charge in [0.1, 0.15) is 11.3 Å². The highest BCUT2D eigenvalue weighted by atomic mass is 32.2. The third-order valence-electron chi connectivity index (χ3n) is 4.99. The van der Waals surface area contributed by atoms with Crippen LogP contribution in [0.5, 0.6) is 5.75 Å². The average Bonchev–Trinajstić information content (AvgIpc) is 2.72. The summed E-state index contributed by atoms with van der Waals surface area (Å²) in [7, 11) is -2.10. The van der Waals surface area contributed by atoms with Gasteiger partial charge in [0, 0.05) is 11.6 Å². The fourth-order valence-electron chi connectivity index (χ4n) is 3.35. The fraction of sp³-hybridized carbons (Fsp3) is 0.273. The number of aromatic nitrogens is 1. The van der Waals surface area contributed by atoms with Crippen molar-refractivity contribution in [2.75, 3.05) is 18.1 Å². The number of carbonyl (C=O) groups is 1. The third kappa shape index (κ3) is 5.54. The van der Waals surface area contributed by atoms with Gasteiger partial charge in [-0.05, 0) is 49.2 Å². The predicted octanol–water partition coefficient (Wildman–Crippen LogP) is 4.43. The number of alkyl halides is 3. The van der Waals surface area contributed by atoms with E-state index in [1.54, 1.807) is 32.0 Å². The number of methoxy groups -OCH3 is 1. The van der Waals surface area contributed by atoms with Crippen LogP contribution in [-0.4, -0.2) is 32.7 Å². The van der Waals surface area contributed by atoms with Gasteiger partial charge in [-0.15, -0.1) is 0 Å². The van der Waals surface area contributed by atoms with Crippen LogP contribution >= 0.6 is 0 Å². The first kappa shape index (κ1) is 24.3. The first-order valence-electron chi connectivity index (χ1n) is 9.73. The van der Waals surface area contributed by atoms with Gasteiger partial charge in [-0.25, -0.2) is 8.42 Å². The molecule has 2 aromatic carbocycles. The van der Waals surface area contributed by atoms with Gasteiger partial charge in [0.2, 0.25) is 10.0 Å². The number of halogens is 3. The van der Waals surface area contributed by atoms with Gasteiger partial charge in [0.25, 0.3) is 5.91 Å². The van der Waals surface area contributed by atoms with Crippen molar-refractivity contribution in [1.82, 2.24) is 10.3 Å². The van der Waals surface area contributed by atoms with Gasteiger partial charge >= 0.3 is 6.18 Å². The van der Waals surface area contributed by atoms with Crippen LogP contribution in [-0.2, 0) is 16.2 Å². The van der Waals surface area contributed by atoms with E-state index < -0.39 is 33.7 Å². The molecule has 1 aromatic heterocycles. The Bertz CT molecular complexity index is 1320. The molecule has 1 heterocycles. The lowest BCUT2D eigenvalue weighted by atomic mass is 10.0. The maximum Gasteiger partial charge on any atom is 0.416 e. The Morgan fingerprint density at radius 3 is 2.42 bits per heavy atom. The van der Waals surface area contributed by atoms with Crippen LogP contribution in [0.3, 0.4) is 0 Å². The molecule has 0 saturated carbocycles. The molecule has 0 aliphatic rings. The van der Waals surface area contributed by atoms with E-state index >= 15 is 0 Å². The molecule has 0 aliphatic heterocycles. The standard InChI is InChI=1S/C22H22F3N3O4S/c1-12-9-14(5-8-18(12)28-33(4,30)31)13(2)27-21(29)17-11-26-19-10-15(22(23,24)25)6-7-16(19)20(17)32-3/h5-11,13,28H,1-4H3,(H,27,29)/t13-/m1/s1. The largest absolute Gasteiger partial charge is 0.495 e. The van der Waals surface area contributed by atoms with Gasteiger partial charge in [-0.2, -0.15) is 13.2 Å². The quantitative estimate of drug-likeness (QED) is 0.543. The van der Waals surface area contributed by atoms with Crippen molar-refractivity contribution < 1.29 is 31.1 Å². The van der Waals surface area contributed by atoms with E-state index in [-0.39, 0.29) is 22.2 Å². The maximum absolute atomic E-state index is 13.0. The Morgan fingerprint density at radius 1 is 1.15 bits per heavy atom. The van der Waals surface area contributed by atoms with Crippen LogP contribution in [0.1, 0.15) is 40.0 Å². The number of fused-ring (bicyclic) bond motifs is 1. The zero-order chi connectivity index (χ0) is 24.6. The molecular formula is C22H22F3N3O4S. The molecule has 1 amide bonds. The average molecular weight is 481 g/mol. The van der Waals surface area contributed by atoms with Gasteiger partial charge in [-0.3, -0.25) is 14.5 Å². The smallest absolute Gasteiger partial charge is 0.416 e. The lowest BCUT2D eigenvalue weighted by Crippen LogP contribution is -2.27. The number of carbonyl (C=O) groups excluding carboxylic acids is 1. The van der Waals surface area contributed by atoms with Crippen LogP contribution in [0.15, 0.2) is 42.6 Å². The highest BCUT2D eigenvalue weighted by molar-refractivity contribution is 7.92. The minimum atomic E-state index is -4.51. The van der Waals surface area contributed by atoms with Crippen LogP contribution in [0.2, 0.25) is 0 Å². The highest BCUT2D eigenvalue weighted by Gasteiger charge is 2.31. The summed E-state index contributed by atoms with van der Waals surface area (Å²) < 4.78 is 69.6. The number of ether oxygens (including phenoxy) is 1. The molecule has 3 rings (SSSR count). The second-order valence-electron chi connectivity index (χ2n) is 7.58. The van der Waals surface area contributed by atoms with Crippen molar-refractivity contribution in [1.29, 1.82) is 0 Å². The van der Waals surface area contributed by atoms with Crippen molar-refractivity contribution in [2.45, 2.75) is 26.1 Å². The van der Waals surface area contributed by atoms with E-state index in [1.807, 2.05) is 0 Å². The number of benzene rings is 2. The Hall–Kier alpha value is -3.34. The minimum absolute atomic E-state index is 0.0517. The maximum atomic E-state index is 13.0. The summed E-state index contributed by atoms with van der Waals surface area (Å²) >= 11 is 0. The molecule has 0 bridgehead atoms. The predicted molar refractivity (Wildman–Crippen MR) is 119 cm³/mol. The fourth-order valence-corrected chi connectivity index (χ4v) is 3.98. The van der Waals surface area contributed by atoms with E-state index in [0.29, 0.717) is 11.3 Å². The third-order valence-corrected chi connectivity index (χ3v) is 5.58. The number of amides is 1. The second kappa shape index (κ2) is 8.89. The van der Waals surface area contributed by atoms with Crippen molar-refractivity contribution in [3.8, 4) is 5.75 Å². The monoisotopic (exact) mass is 481 g/mol. The lowest BCUT2D eigenvalue weighted by Gasteiger charge is -2.18. The number of rotatable bonds is 6. The van der Waals surface area contributed by atoms with Crippen LogP contribution in [0.4, 0.5) is 18.9 Å². The summed E-state index contributed by atoms with van der Waals surface area (Å²) in [5.41, 5.74) is 1.10. The first-order valence-corrected chi connectivity index (χ1v) is 11.6. The molecule has 33 heavy (non-hydrogen) atoms. The molecule has 2 N–H and O–H groups in total. The number of hydrogen-bond donors (Lipinski definition) is 2. The van der Waals surface area contributed by atoms with Crippen molar-refractivity contribution in [3.05, 3.63) is 64.8 Å². The van der Waals surface area contributed by atoms with E-state index in [4.69, 9.17) is 4.74 Å². The van der Waals surface area contributed by atoms with Gasteiger partial charge in [0.05, 0.1) is 36.2 Å². The number of sulfonamides is 1. The molecule has 1 atom stereocenters. The van der Waals surface area contributed by atoms with E-state index in [2.05, 4.69) is 15.0 Å². The number of nitrogens with one attached hydrogen (secondary N) is 2. The normalized spacial score (nSPS) is 12.9. The van der Waals surface area contributed by atoms with Gasteiger partial charge in [-0.1, -0.05) is 12.1 Å². The number of aryl methyl sites for hydroxylation is 1. The summed E-state index contributed by atoms with van der Waals surface area (Å²) in [5.74, 6) is -0.410. The molecule has 0 radical (unpaired) electrons. The molecule has 0 fully saturated rings. The van der Waals surface area contributed by atoms with Crippen LogP contribution in [0.25, 0.3) is 10.9 Å². The summed E-state index contributed by atoms with van der Waals surface area (Å²) in [6.07, 6.45) is -2.29. The highest BCUT2D eigenvalue weighted by Crippen LogP contribution is 2.35. The zero-order valence-electron chi connectivity index (χ0n) is 18.2. The zero-order valence-corrected chi connectivity index (χ0v) is 19.1. The SMILES string of the molecule is COc1c(C(=O)N[C@H](C)c2ccc(NS(C)(=O)=O)c(C)c2)cnc2cc(C(F)(F)F)ccc12. The van der Waals surface area contributed by atoms with E-state index in [0.717, 1.165) is 24.0 Å². The number of pyridine rings is 1. The van der Waals surface area contributed by atoms with Crippen LogP contribution in [0, 0.1) is 6.92 Å². The summed E-state index contributed by atoms with van der Waals surface area (Å²) in [6.45, 7) is 3.48. The molecule has 176 valence electrons. The van der Waals surface area contributed by atoms with Crippen LogP contribution < -0.4 is 14.8 Å². The van der Waals surface area contributed by atoms with E-state index in [1.165, 1.54) is 19.4 Å². The number of hydrogen-bond acceptors (Lipinski definition) is 5. The molecule has 0 aliphatic carbocycles. The van der Waals surface area contributed by atoms with Crippen molar-refractivity contribution in [3.63, 3.8) is 0 Å². The lowest BCUT2D eigenvalue weighted by molar-refractivity contribution is -0.137. The van der Waals surface area contributed by atoms with Crippen molar-refractivity contribution >= 4 is 32.5 Å². The number of nitrogens with zero attached hydrogens (tertiary/aromatic N) is 1. The summed E-state index contributed by atoms with van der Waals surface area (Å²) in [4.78, 5) is 16.9. The molecular weight excluding hydrogens is 459 g/mol. The molecule has 0 unspecified atom stereocenters. The topological polar surface area (TPSA) is 97.4 Å². The molecule has 3 aromatic rings. The number of anilines is 1.